The fraction of sp³-hybridized carbons (Fsp3) is 0.250. The third-order valence-corrected chi connectivity index (χ3v) is 19.0. The van der Waals surface area contributed by atoms with Gasteiger partial charge in [-0.15, -0.1) is 0 Å². The summed E-state index contributed by atoms with van der Waals surface area (Å²) in [4.78, 5) is 0. The van der Waals surface area contributed by atoms with E-state index in [1.165, 1.54) is 77.1 Å². The van der Waals surface area contributed by atoms with E-state index in [0.717, 1.165) is 9.52 Å². The van der Waals surface area contributed by atoms with Gasteiger partial charge in [0.1, 0.15) is 9.52 Å². The minimum Gasteiger partial charge on any atom is -0.0631 e. The van der Waals surface area contributed by atoms with Gasteiger partial charge in [-0.25, -0.2) is 0 Å². The fourth-order valence-electron chi connectivity index (χ4n) is 6.97. The van der Waals surface area contributed by atoms with Gasteiger partial charge < -0.3 is 0 Å². The minimum atomic E-state index is -0.239. The summed E-state index contributed by atoms with van der Waals surface area (Å²) in [6.45, 7) is 26.8. The monoisotopic (exact) mass is 806 g/mol. The second-order valence-corrected chi connectivity index (χ2v) is 20.9. The molecule has 6 rings (SSSR count). The van der Waals surface area contributed by atoms with E-state index in [4.69, 9.17) is 0 Å². The maximum Gasteiger partial charge on any atom is 0.121 e. The first kappa shape index (κ1) is 40.4. The van der Waals surface area contributed by atoms with Crippen LogP contribution in [-0.4, -0.2) is 40.4 Å². The first-order valence-electron chi connectivity index (χ1n) is 17.9. The van der Waals surface area contributed by atoms with Crippen LogP contribution in [-0.2, 0) is 0 Å². The molecule has 0 aromatic heterocycles. The second-order valence-electron chi connectivity index (χ2n) is 14.2. The number of aryl methyl sites for hydroxylation is 12. The molecule has 6 aromatic carbocycles. The van der Waals surface area contributed by atoms with Crippen molar-refractivity contribution in [3.8, 4) is 0 Å². The minimum absolute atomic E-state index is 0.239. The van der Waals surface area contributed by atoms with E-state index in [9.17, 15) is 0 Å². The number of rotatable bonds is 6. The Hall–Kier alpha value is -3.38. The van der Waals surface area contributed by atoms with Gasteiger partial charge in [0.25, 0.3) is 0 Å². The zero-order chi connectivity index (χ0) is 37.2. The summed E-state index contributed by atoms with van der Waals surface area (Å²) in [5.41, 5.74) is 17.3. The molecule has 3 heteroatoms. The molecule has 0 unspecified atom stereocenters. The van der Waals surface area contributed by atoms with Crippen LogP contribution in [0.5, 0.6) is 0 Å². The van der Waals surface area contributed by atoms with Crippen molar-refractivity contribution in [2.45, 2.75) is 83.1 Å². The molecule has 258 valence electrons. The van der Waals surface area contributed by atoms with Crippen LogP contribution in [0, 0.1) is 83.1 Å². The van der Waals surface area contributed by atoms with Crippen LogP contribution in [0.4, 0.5) is 0 Å². The molecule has 0 aliphatic heterocycles. The van der Waals surface area contributed by atoms with Gasteiger partial charge in [-0.1, -0.05) is 71.0 Å². The number of hydrogen-bond acceptors (Lipinski definition) is 0. The van der Waals surface area contributed by atoms with E-state index >= 15 is 0 Å². The Morgan fingerprint density at radius 2 is 0.490 bits per heavy atom. The molecule has 0 aliphatic rings. The molecule has 0 saturated heterocycles. The third-order valence-electron chi connectivity index (χ3n) is 9.04. The molecule has 6 radical (unpaired) electrons. The maximum atomic E-state index is 2.32. The van der Waals surface area contributed by atoms with Gasteiger partial charge >= 0.3 is 247 Å². The van der Waals surface area contributed by atoms with Crippen molar-refractivity contribution < 1.29 is 0 Å². The molecule has 51 heavy (non-hydrogen) atoms. The molecule has 0 atom stereocenters. The zero-order valence-electron chi connectivity index (χ0n) is 32.9. The summed E-state index contributed by atoms with van der Waals surface area (Å²) in [6, 6.07) is 39.7. The van der Waals surface area contributed by atoms with Crippen LogP contribution >= 0.6 is 0 Å². The van der Waals surface area contributed by atoms with Crippen molar-refractivity contribution in [2.24, 2.45) is 0 Å². The second kappa shape index (κ2) is 18.9. The van der Waals surface area contributed by atoms with Gasteiger partial charge in [-0.3, -0.25) is 0 Å². The van der Waals surface area contributed by atoms with Crippen molar-refractivity contribution in [3.05, 3.63) is 176 Å². The SMILES string of the molecule is Cc1cc(C)[c]([Ge][c]2c(C)cc(C)cc2C)c(C)c1.Cc1cc(C)[c]([Ge][c]2c(C)cc(C)cc2C)c(C)c1.c1ccc([Si]c2ccccc2)cc1. The van der Waals surface area contributed by atoms with Crippen LogP contribution in [0.15, 0.2) is 109 Å². The van der Waals surface area contributed by atoms with Gasteiger partial charge in [0.15, 0.2) is 0 Å². The first-order valence-corrected chi connectivity index (χ1v) is 23.1. The van der Waals surface area contributed by atoms with E-state index in [1.54, 1.807) is 17.6 Å². The van der Waals surface area contributed by atoms with Gasteiger partial charge in [-0.05, 0) is 0 Å². The van der Waals surface area contributed by atoms with E-state index in [-0.39, 0.29) is 30.9 Å². The summed E-state index contributed by atoms with van der Waals surface area (Å²) in [5, 5.41) is 2.79. The predicted molar refractivity (Wildman–Crippen MR) is 231 cm³/mol. The van der Waals surface area contributed by atoms with Crippen LogP contribution < -0.4 is 28.0 Å². The van der Waals surface area contributed by atoms with E-state index < -0.39 is 0 Å². The maximum absolute atomic E-state index is 2.32. The quantitative estimate of drug-likeness (QED) is 0.152. The molecular formula is C48H54Ge2Si. The molecule has 0 saturated carbocycles. The van der Waals surface area contributed by atoms with Gasteiger partial charge in [0.2, 0.25) is 0 Å². The Kier molecular flexibility index (Phi) is 15.0. The van der Waals surface area contributed by atoms with Crippen LogP contribution in [0.25, 0.3) is 0 Å². The fourth-order valence-corrected chi connectivity index (χ4v) is 13.6. The summed E-state index contributed by atoms with van der Waals surface area (Å²) < 4.78 is 6.45. The average molecular weight is 804 g/mol. The molecule has 0 N–H and O–H groups in total. The molecule has 0 aliphatic carbocycles. The van der Waals surface area contributed by atoms with Crippen molar-refractivity contribution in [3.63, 3.8) is 0 Å². The van der Waals surface area contributed by atoms with E-state index in [0.29, 0.717) is 0 Å². The molecule has 0 spiro atoms. The average Bonchev–Trinajstić information content (AvgIpc) is 3.04. The number of benzene rings is 6. The van der Waals surface area contributed by atoms with Gasteiger partial charge in [0, 0.05) is 0 Å². The molecule has 0 nitrogen and oxygen atoms in total. The standard InChI is InChI=1S/2C18H22Ge.C12H10Si/c2*1-11-7-13(3)17(14(4)8-11)19-18-15(5)9-12(2)10-16(18)6;1-3-7-11(8-4-1)13-12-9-5-2-6-10-12/h2*7-10H,1-6H3;1-10H. The molecule has 6 aromatic rings. The topological polar surface area (TPSA) is 0 Å². The van der Waals surface area contributed by atoms with Crippen LogP contribution in [0.3, 0.4) is 0 Å². The normalized spacial score (nSPS) is 10.6. The summed E-state index contributed by atoms with van der Waals surface area (Å²) in [5.74, 6) is 0. The summed E-state index contributed by atoms with van der Waals surface area (Å²) in [6.07, 6.45) is 0. The van der Waals surface area contributed by atoms with E-state index in [1.807, 2.05) is 0 Å². The third kappa shape index (κ3) is 11.8. The first-order chi connectivity index (χ1) is 24.2. The predicted octanol–water partition coefficient (Wildman–Crippen LogP) is 7.73. The molecule has 0 fully saturated rings. The van der Waals surface area contributed by atoms with Crippen molar-refractivity contribution in [1.82, 2.24) is 0 Å². The Bertz CT molecular complexity index is 1720. The summed E-state index contributed by atoms with van der Waals surface area (Å²) >= 11 is -0.477. The molecule has 0 heterocycles. The largest absolute Gasteiger partial charge is 0.121 e. The smallest absolute Gasteiger partial charge is 0.0631 e. The zero-order valence-corrected chi connectivity index (χ0v) is 38.1. The van der Waals surface area contributed by atoms with Gasteiger partial charge in [0.05, 0.1) is 0 Å². The summed E-state index contributed by atoms with van der Waals surface area (Å²) in [7, 11) is 0.777. The Labute approximate surface area is 325 Å². The van der Waals surface area contributed by atoms with Crippen molar-refractivity contribution >= 4 is 68.3 Å². The molecular weight excluding hydrogens is 750 g/mol. The molecule has 0 bridgehead atoms. The van der Waals surface area contributed by atoms with E-state index in [2.05, 4.69) is 192 Å². The Balaban J connectivity index is 0.000000175. The van der Waals surface area contributed by atoms with Crippen molar-refractivity contribution in [2.75, 3.05) is 0 Å². The Morgan fingerprint density at radius 3 is 0.686 bits per heavy atom. The van der Waals surface area contributed by atoms with Gasteiger partial charge in [-0.2, -0.15) is 0 Å². The Morgan fingerprint density at radius 1 is 0.294 bits per heavy atom. The van der Waals surface area contributed by atoms with Crippen LogP contribution in [0.1, 0.15) is 66.8 Å². The molecule has 0 amide bonds. The number of hydrogen-bond donors (Lipinski definition) is 0. The van der Waals surface area contributed by atoms with Crippen molar-refractivity contribution in [1.29, 1.82) is 0 Å². The van der Waals surface area contributed by atoms with Crippen LogP contribution in [0.2, 0.25) is 0 Å².